The van der Waals surface area contributed by atoms with E-state index in [-0.39, 0.29) is 5.56 Å². The van der Waals surface area contributed by atoms with E-state index in [1.165, 1.54) is 4.68 Å². The summed E-state index contributed by atoms with van der Waals surface area (Å²) in [5.41, 5.74) is 2.66. The maximum absolute atomic E-state index is 12.2. The van der Waals surface area contributed by atoms with E-state index in [1.807, 2.05) is 30.6 Å². The molecule has 0 amide bonds. The van der Waals surface area contributed by atoms with Crippen LogP contribution in [-0.4, -0.2) is 33.7 Å². The van der Waals surface area contributed by atoms with Gasteiger partial charge in [0.1, 0.15) is 0 Å². The van der Waals surface area contributed by atoms with Gasteiger partial charge in [0.05, 0.1) is 34.3 Å². The van der Waals surface area contributed by atoms with Crippen LogP contribution in [0.25, 0.3) is 0 Å². The molecule has 0 unspecified atom stereocenters. The number of nitrogens with zero attached hydrogens (tertiary/aromatic N) is 5. The van der Waals surface area contributed by atoms with Crippen molar-refractivity contribution in [3.05, 3.63) is 38.5 Å². The van der Waals surface area contributed by atoms with Gasteiger partial charge in [0, 0.05) is 26.7 Å². The van der Waals surface area contributed by atoms with E-state index in [0.29, 0.717) is 6.54 Å². The van der Waals surface area contributed by atoms with E-state index >= 15 is 0 Å². The zero-order chi connectivity index (χ0) is 15.6. The predicted octanol–water partition coefficient (Wildman–Crippen LogP) is 1.90. The lowest BCUT2D eigenvalue weighted by Gasteiger charge is -2.13. The molecule has 0 atom stereocenters. The standard InChI is InChI=1S/C14H20BrN5O/c1-5-11-14(15)12(19(6-2)17-11)9-20-13(21)7-10(8-16-20)18(3)4/h7-8H,5-6,9H2,1-4H3. The molecule has 7 heteroatoms. The van der Waals surface area contributed by atoms with Crippen LogP contribution in [0.2, 0.25) is 0 Å². The molecule has 0 aliphatic rings. The highest BCUT2D eigenvalue weighted by Crippen LogP contribution is 2.22. The van der Waals surface area contributed by atoms with Crippen LogP contribution in [0.3, 0.4) is 0 Å². The van der Waals surface area contributed by atoms with Gasteiger partial charge >= 0.3 is 0 Å². The van der Waals surface area contributed by atoms with Crippen molar-refractivity contribution in [3.63, 3.8) is 0 Å². The monoisotopic (exact) mass is 353 g/mol. The number of hydrogen-bond acceptors (Lipinski definition) is 4. The van der Waals surface area contributed by atoms with Crippen LogP contribution in [0.1, 0.15) is 25.2 Å². The molecule has 6 nitrogen and oxygen atoms in total. The maximum atomic E-state index is 12.2. The van der Waals surface area contributed by atoms with Gasteiger partial charge in [-0.1, -0.05) is 6.92 Å². The van der Waals surface area contributed by atoms with Crippen molar-refractivity contribution in [2.75, 3.05) is 19.0 Å². The van der Waals surface area contributed by atoms with Gasteiger partial charge < -0.3 is 4.90 Å². The minimum atomic E-state index is -0.116. The average Bonchev–Trinajstić information content (AvgIpc) is 2.77. The SMILES string of the molecule is CCc1nn(CC)c(Cn2ncc(N(C)C)cc2=O)c1Br. The van der Waals surface area contributed by atoms with Crippen LogP contribution in [0.5, 0.6) is 0 Å². The van der Waals surface area contributed by atoms with Gasteiger partial charge in [-0.15, -0.1) is 0 Å². The van der Waals surface area contributed by atoms with Gasteiger partial charge in [-0.2, -0.15) is 10.2 Å². The van der Waals surface area contributed by atoms with E-state index in [9.17, 15) is 4.79 Å². The highest BCUT2D eigenvalue weighted by atomic mass is 79.9. The van der Waals surface area contributed by atoms with Crippen molar-refractivity contribution in [2.45, 2.75) is 33.4 Å². The quantitative estimate of drug-likeness (QED) is 0.823. The van der Waals surface area contributed by atoms with Crippen LogP contribution in [0.15, 0.2) is 21.5 Å². The topological polar surface area (TPSA) is 56.0 Å². The number of halogens is 1. The predicted molar refractivity (Wildman–Crippen MR) is 86.9 cm³/mol. The molecule has 0 bridgehead atoms. The molecule has 0 aliphatic carbocycles. The Morgan fingerprint density at radius 3 is 2.52 bits per heavy atom. The largest absolute Gasteiger partial charge is 0.376 e. The molecule has 2 heterocycles. The lowest BCUT2D eigenvalue weighted by atomic mass is 10.3. The summed E-state index contributed by atoms with van der Waals surface area (Å²) in [7, 11) is 3.77. The first-order valence-corrected chi connectivity index (χ1v) is 7.75. The Labute approximate surface area is 132 Å². The summed E-state index contributed by atoms with van der Waals surface area (Å²) in [6.45, 7) is 5.27. The molecule has 0 saturated heterocycles. The highest BCUT2D eigenvalue weighted by Gasteiger charge is 2.15. The molecule has 21 heavy (non-hydrogen) atoms. The van der Waals surface area contributed by atoms with Gasteiger partial charge in [0.15, 0.2) is 0 Å². The van der Waals surface area contributed by atoms with E-state index in [1.54, 1.807) is 12.3 Å². The Bertz CT molecular complexity index is 689. The van der Waals surface area contributed by atoms with Gasteiger partial charge in [-0.25, -0.2) is 4.68 Å². The van der Waals surface area contributed by atoms with Gasteiger partial charge in [0.25, 0.3) is 5.56 Å². The van der Waals surface area contributed by atoms with Crippen molar-refractivity contribution in [1.29, 1.82) is 0 Å². The second-order valence-corrected chi connectivity index (χ2v) is 5.77. The molecule has 0 aliphatic heterocycles. The zero-order valence-corrected chi connectivity index (χ0v) is 14.4. The molecule has 0 radical (unpaired) electrons. The molecule has 0 fully saturated rings. The molecule has 0 aromatic carbocycles. The van der Waals surface area contributed by atoms with Crippen LogP contribution in [0.4, 0.5) is 5.69 Å². The maximum Gasteiger partial charge on any atom is 0.269 e. The van der Waals surface area contributed by atoms with Crippen molar-refractivity contribution in [1.82, 2.24) is 19.6 Å². The van der Waals surface area contributed by atoms with E-state index < -0.39 is 0 Å². The summed E-state index contributed by atoms with van der Waals surface area (Å²) in [6, 6.07) is 1.59. The summed E-state index contributed by atoms with van der Waals surface area (Å²) < 4.78 is 4.34. The molecule has 0 saturated carbocycles. The average molecular weight is 354 g/mol. The normalized spacial score (nSPS) is 10.9. The lowest BCUT2D eigenvalue weighted by Crippen LogP contribution is -2.25. The summed E-state index contributed by atoms with van der Waals surface area (Å²) in [6.07, 6.45) is 2.55. The second kappa shape index (κ2) is 6.43. The van der Waals surface area contributed by atoms with Crippen molar-refractivity contribution in [3.8, 4) is 0 Å². The van der Waals surface area contributed by atoms with Crippen molar-refractivity contribution < 1.29 is 0 Å². The minimum Gasteiger partial charge on any atom is -0.376 e. The van der Waals surface area contributed by atoms with Crippen LogP contribution < -0.4 is 10.5 Å². The molecule has 2 aromatic heterocycles. The van der Waals surface area contributed by atoms with Crippen molar-refractivity contribution in [2.24, 2.45) is 0 Å². The fourth-order valence-electron chi connectivity index (χ4n) is 2.10. The van der Waals surface area contributed by atoms with E-state index in [2.05, 4.69) is 33.1 Å². The second-order valence-electron chi connectivity index (χ2n) is 4.98. The minimum absolute atomic E-state index is 0.116. The van der Waals surface area contributed by atoms with E-state index in [4.69, 9.17) is 0 Å². The first-order valence-electron chi connectivity index (χ1n) is 6.96. The highest BCUT2D eigenvalue weighted by molar-refractivity contribution is 9.10. The number of hydrogen-bond donors (Lipinski definition) is 0. The first-order chi connectivity index (χ1) is 9.97. The lowest BCUT2D eigenvalue weighted by molar-refractivity contribution is 0.557. The smallest absolute Gasteiger partial charge is 0.269 e. The molecule has 114 valence electrons. The molecular weight excluding hydrogens is 334 g/mol. The van der Waals surface area contributed by atoms with Crippen LogP contribution in [0, 0.1) is 0 Å². The first kappa shape index (κ1) is 15.8. The number of aryl methyl sites for hydroxylation is 2. The fourth-order valence-corrected chi connectivity index (χ4v) is 2.79. The van der Waals surface area contributed by atoms with Crippen LogP contribution in [-0.2, 0) is 19.5 Å². The van der Waals surface area contributed by atoms with Crippen LogP contribution >= 0.6 is 15.9 Å². The Hall–Kier alpha value is -1.63. The zero-order valence-electron chi connectivity index (χ0n) is 12.8. The molecule has 2 aromatic rings. The summed E-state index contributed by atoms with van der Waals surface area (Å²) in [4.78, 5) is 14.0. The fraction of sp³-hybridized carbons (Fsp3) is 0.500. The molecule has 0 spiro atoms. The Balaban J connectivity index is 2.39. The molecule has 0 N–H and O–H groups in total. The number of anilines is 1. The van der Waals surface area contributed by atoms with E-state index in [0.717, 1.165) is 34.5 Å². The number of rotatable bonds is 5. The Morgan fingerprint density at radius 2 is 2.00 bits per heavy atom. The van der Waals surface area contributed by atoms with Gasteiger partial charge in [0.2, 0.25) is 0 Å². The molecular formula is C14H20BrN5O. The Kier molecular flexibility index (Phi) is 4.82. The van der Waals surface area contributed by atoms with Crippen molar-refractivity contribution >= 4 is 21.6 Å². The molecule has 2 rings (SSSR count). The third-order valence-corrected chi connectivity index (χ3v) is 4.28. The third kappa shape index (κ3) is 3.18. The van der Waals surface area contributed by atoms with Gasteiger partial charge in [-0.3, -0.25) is 9.48 Å². The van der Waals surface area contributed by atoms with Gasteiger partial charge in [-0.05, 0) is 29.3 Å². The summed E-state index contributed by atoms with van der Waals surface area (Å²) in [5.74, 6) is 0. The number of aromatic nitrogens is 4. The Morgan fingerprint density at radius 1 is 1.29 bits per heavy atom. The third-order valence-electron chi connectivity index (χ3n) is 3.37. The summed E-state index contributed by atoms with van der Waals surface area (Å²) >= 11 is 3.59. The summed E-state index contributed by atoms with van der Waals surface area (Å²) in [5, 5.41) is 8.78.